The highest BCUT2D eigenvalue weighted by Crippen LogP contribution is 2.38. The monoisotopic (exact) mass is 473 g/mol. The maximum atomic E-state index is 12.3. The molecular weight excluding hydrogens is 458 g/mol. The number of thioether (sulfide) groups is 1. The van der Waals surface area contributed by atoms with Crippen LogP contribution >= 0.6 is 27.7 Å². The van der Waals surface area contributed by atoms with Gasteiger partial charge in [-0.25, -0.2) is 4.99 Å². The van der Waals surface area contributed by atoms with Crippen LogP contribution in [0.5, 0.6) is 17.2 Å². The molecule has 1 aliphatic rings. The minimum Gasteiger partial charge on any atom is -0.497 e. The van der Waals surface area contributed by atoms with E-state index in [2.05, 4.69) is 26.2 Å². The van der Waals surface area contributed by atoms with E-state index in [1.807, 2.05) is 18.2 Å². The smallest absolute Gasteiger partial charge is 0.264 e. The van der Waals surface area contributed by atoms with Crippen molar-refractivity contribution < 1.29 is 19.0 Å². The van der Waals surface area contributed by atoms with Gasteiger partial charge in [-0.2, -0.15) is 5.26 Å². The average Bonchev–Trinajstić information content (AvgIpc) is 3.06. The molecule has 0 radical (unpaired) electrons. The summed E-state index contributed by atoms with van der Waals surface area (Å²) in [6.45, 7) is -0.0984. The number of hydrogen-bond donors (Lipinski definition) is 1. The van der Waals surface area contributed by atoms with Crippen LogP contribution in [0.2, 0.25) is 0 Å². The van der Waals surface area contributed by atoms with Gasteiger partial charge in [-0.3, -0.25) is 4.79 Å². The fourth-order valence-corrected chi connectivity index (χ4v) is 3.89. The van der Waals surface area contributed by atoms with Crippen molar-refractivity contribution in [1.29, 1.82) is 5.26 Å². The standard InChI is InChI=1S/C20H16BrN3O4S/c1-26-14-5-3-13(4-6-14)23-20-24-19(25)17(29-20)11-12-9-15(21)18(28-8-7-22)16(10-12)27-2/h3-6,9-11H,8H2,1-2H3,(H,23,24,25)/b17-11+. The molecule has 1 fully saturated rings. The Morgan fingerprint density at radius 3 is 2.66 bits per heavy atom. The molecule has 1 saturated heterocycles. The van der Waals surface area contributed by atoms with Crippen LogP contribution in [0.4, 0.5) is 5.69 Å². The molecule has 2 aromatic rings. The maximum absolute atomic E-state index is 12.3. The zero-order chi connectivity index (χ0) is 20.8. The van der Waals surface area contributed by atoms with Gasteiger partial charge >= 0.3 is 0 Å². The van der Waals surface area contributed by atoms with Crippen molar-refractivity contribution in [2.45, 2.75) is 0 Å². The minimum atomic E-state index is -0.234. The van der Waals surface area contributed by atoms with Gasteiger partial charge in [0.15, 0.2) is 23.3 Å². The van der Waals surface area contributed by atoms with Gasteiger partial charge in [-0.15, -0.1) is 0 Å². The second-order valence-corrected chi connectivity index (χ2v) is 7.55. The molecule has 0 aliphatic carbocycles. The van der Waals surface area contributed by atoms with Gasteiger partial charge in [-0.05, 0) is 75.7 Å². The van der Waals surface area contributed by atoms with E-state index in [9.17, 15) is 4.79 Å². The van der Waals surface area contributed by atoms with E-state index in [-0.39, 0.29) is 12.5 Å². The second-order valence-electron chi connectivity index (χ2n) is 5.66. The summed E-state index contributed by atoms with van der Waals surface area (Å²) in [4.78, 5) is 17.3. The summed E-state index contributed by atoms with van der Waals surface area (Å²) >= 11 is 4.66. The molecule has 29 heavy (non-hydrogen) atoms. The second kappa shape index (κ2) is 9.49. The Hall–Kier alpha value is -2.96. The molecule has 3 rings (SSSR count). The third-order valence-corrected chi connectivity index (χ3v) is 5.28. The van der Waals surface area contributed by atoms with Crippen LogP contribution in [0, 0.1) is 11.3 Å². The summed E-state index contributed by atoms with van der Waals surface area (Å²) in [5, 5.41) is 12.0. The summed E-state index contributed by atoms with van der Waals surface area (Å²) < 4.78 is 16.5. The lowest BCUT2D eigenvalue weighted by atomic mass is 10.2. The first kappa shape index (κ1) is 20.8. The number of ether oxygens (including phenoxy) is 3. The Bertz CT molecular complexity index is 1030. The molecule has 9 heteroatoms. The molecule has 1 aliphatic heterocycles. The summed E-state index contributed by atoms with van der Waals surface area (Å²) in [6.07, 6.45) is 1.73. The Labute approximate surface area is 180 Å². The van der Waals surface area contributed by atoms with Crippen molar-refractivity contribution in [3.8, 4) is 23.3 Å². The number of nitrogens with one attached hydrogen (secondary N) is 1. The number of methoxy groups -OCH3 is 2. The lowest BCUT2D eigenvalue weighted by Gasteiger charge is -2.11. The number of aliphatic imine (C=N–C) groups is 1. The van der Waals surface area contributed by atoms with Gasteiger partial charge in [0.05, 0.1) is 29.3 Å². The van der Waals surface area contributed by atoms with Crippen molar-refractivity contribution in [2.24, 2.45) is 4.99 Å². The minimum absolute atomic E-state index is 0.0984. The zero-order valence-corrected chi connectivity index (χ0v) is 18.0. The largest absolute Gasteiger partial charge is 0.497 e. The Balaban J connectivity index is 1.83. The molecule has 0 atom stereocenters. The highest BCUT2D eigenvalue weighted by Gasteiger charge is 2.24. The quantitative estimate of drug-likeness (QED) is 0.629. The van der Waals surface area contributed by atoms with Gasteiger partial charge in [0.2, 0.25) is 0 Å². The third kappa shape index (κ3) is 5.10. The van der Waals surface area contributed by atoms with Crippen LogP contribution in [0.15, 0.2) is 50.8 Å². The van der Waals surface area contributed by atoms with Crippen molar-refractivity contribution >= 4 is 50.5 Å². The summed E-state index contributed by atoms with van der Waals surface area (Å²) in [6, 6.07) is 12.7. The van der Waals surface area contributed by atoms with Gasteiger partial charge in [-0.1, -0.05) is 0 Å². The van der Waals surface area contributed by atoms with Crippen molar-refractivity contribution in [3.05, 3.63) is 51.3 Å². The number of carbonyl (C=O) groups excluding carboxylic acids is 1. The lowest BCUT2D eigenvalue weighted by molar-refractivity contribution is -0.115. The number of halogens is 1. The first-order valence-electron chi connectivity index (χ1n) is 8.35. The van der Waals surface area contributed by atoms with Crippen LogP contribution in [0.3, 0.4) is 0 Å². The summed E-state index contributed by atoms with van der Waals surface area (Å²) in [5.41, 5.74) is 1.44. The maximum Gasteiger partial charge on any atom is 0.264 e. The zero-order valence-electron chi connectivity index (χ0n) is 15.6. The number of carbonyl (C=O) groups is 1. The molecule has 0 saturated carbocycles. The van der Waals surface area contributed by atoms with Crippen LogP contribution in [-0.4, -0.2) is 31.9 Å². The molecule has 0 unspecified atom stereocenters. The van der Waals surface area contributed by atoms with E-state index >= 15 is 0 Å². The predicted molar refractivity (Wildman–Crippen MR) is 116 cm³/mol. The third-order valence-electron chi connectivity index (χ3n) is 3.78. The van der Waals surface area contributed by atoms with Crippen molar-refractivity contribution in [3.63, 3.8) is 0 Å². The molecule has 148 valence electrons. The highest BCUT2D eigenvalue weighted by molar-refractivity contribution is 9.10. The average molecular weight is 474 g/mol. The molecule has 0 bridgehead atoms. The Morgan fingerprint density at radius 2 is 2.00 bits per heavy atom. The van der Waals surface area contributed by atoms with E-state index in [1.165, 1.54) is 18.9 Å². The van der Waals surface area contributed by atoms with Gasteiger partial charge < -0.3 is 19.5 Å². The van der Waals surface area contributed by atoms with Crippen LogP contribution in [-0.2, 0) is 4.79 Å². The lowest BCUT2D eigenvalue weighted by Crippen LogP contribution is -2.19. The number of rotatable bonds is 6. The SMILES string of the molecule is COc1ccc(N=C2NC(=O)/C(=C\c3cc(Br)c(OCC#N)c(OC)c3)S2)cc1. The van der Waals surface area contributed by atoms with Crippen molar-refractivity contribution in [1.82, 2.24) is 5.32 Å². The fraction of sp³-hybridized carbons (Fsp3) is 0.150. The number of benzene rings is 2. The van der Waals surface area contributed by atoms with Gasteiger partial charge in [0.1, 0.15) is 11.8 Å². The van der Waals surface area contributed by atoms with E-state index in [0.717, 1.165) is 11.3 Å². The number of amides is 1. The number of nitrogens with zero attached hydrogens (tertiary/aromatic N) is 2. The molecule has 7 nitrogen and oxygen atoms in total. The molecule has 1 amide bonds. The van der Waals surface area contributed by atoms with Crippen LogP contribution in [0.25, 0.3) is 6.08 Å². The molecule has 1 N–H and O–H groups in total. The normalized spacial score (nSPS) is 15.9. The Morgan fingerprint density at radius 1 is 1.24 bits per heavy atom. The molecule has 1 heterocycles. The van der Waals surface area contributed by atoms with Crippen LogP contribution in [0.1, 0.15) is 5.56 Å². The Kier molecular flexibility index (Phi) is 6.80. The van der Waals surface area contributed by atoms with E-state index in [1.54, 1.807) is 37.5 Å². The molecule has 2 aromatic carbocycles. The number of hydrogen-bond acceptors (Lipinski definition) is 7. The molecule has 0 spiro atoms. The van der Waals surface area contributed by atoms with E-state index in [0.29, 0.717) is 31.7 Å². The highest BCUT2D eigenvalue weighted by atomic mass is 79.9. The van der Waals surface area contributed by atoms with E-state index < -0.39 is 0 Å². The topological polar surface area (TPSA) is 92.9 Å². The van der Waals surface area contributed by atoms with Gasteiger partial charge in [0, 0.05) is 0 Å². The summed E-state index contributed by atoms with van der Waals surface area (Å²) in [5.74, 6) is 1.39. The van der Waals surface area contributed by atoms with Crippen molar-refractivity contribution in [2.75, 3.05) is 20.8 Å². The molecular formula is C20H16BrN3O4S. The first-order valence-corrected chi connectivity index (χ1v) is 9.96. The fourth-order valence-electron chi connectivity index (χ4n) is 2.47. The predicted octanol–water partition coefficient (Wildman–Crippen LogP) is 4.26. The number of amidine groups is 1. The number of nitriles is 1. The van der Waals surface area contributed by atoms with Crippen LogP contribution < -0.4 is 19.5 Å². The van der Waals surface area contributed by atoms with E-state index in [4.69, 9.17) is 19.5 Å². The first-order chi connectivity index (χ1) is 14.0. The summed E-state index contributed by atoms with van der Waals surface area (Å²) in [7, 11) is 3.11. The van der Waals surface area contributed by atoms with Gasteiger partial charge in [0.25, 0.3) is 5.91 Å². The molecule has 0 aromatic heterocycles.